The summed E-state index contributed by atoms with van der Waals surface area (Å²) in [6.07, 6.45) is 5.81. The summed E-state index contributed by atoms with van der Waals surface area (Å²) >= 11 is 26.4. The lowest BCUT2D eigenvalue weighted by Crippen LogP contribution is -2.47. The number of amides is 2. The van der Waals surface area contributed by atoms with Crippen molar-refractivity contribution in [3.05, 3.63) is 210 Å². The van der Waals surface area contributed by atoms with Crippen molar-refractivity contribution in [2.24, 2.45) is 0 Å². The first-order chi connectivity index (χ1) is 34.8. The van der Waals surface area contributed by atoms with Crippen LogP contribution in [0.5, 0.6) is 0 Å². The van der Waals surface area contributed by atoms with Gasteiger partial charge in [-0.25, -0.2) is 9.59 Å². The molecule has 10 nitrogen and oxygen atoms in total. The van der Waals surface area contributed by atoms with Gasteiger partial charge in [-0.1, -0.05) is 155 Å². The molecule has 6 aromatic carbocycles. The number of rotatable bonds is 12. The van der Waals surface area contributed by atoms with Crippen molar-refractivity contribution in [1.29, 1.82) is 0 Å². The maximum atomic E-state index is 13.4. The number of hydrogen-bond acceptors (Lipinski definition) is 7. The molecule has 2 atom stereocenters. The van der Waals surface area contributed by atoms with E-state index in [2.05, 4.69) is 40.4 Å². The van der Waals surface area contributed by atoms with Crippen LogP contribution < -0.4 is 0 Å². The van der Waals surface area contributed by atoms with Gasteiger partial charge in [-0.2, -0.15) is 0 Å². The van der Waals surface area contributed by atoms with E-state index in [1.54, 1.807) is 12.1 Å². The average Bonchev–Trinajstić information content (AvgIpc) is 3.99. The highest BCUT2D eigenvalue weighted by Gasteiger charge is 2.33. The van der Waals surface area contributed by atoms with Crippen molar-refractivity contribution in [2.45, 2.75) is 24.9 Å². The molecule has 0 bridgehead atoms. The fourth-order valence-corrected chi connectivity index (χ4v) is 8.60. The monoisotopic (exact) mass is 1160 g/mol. The van der Waals surface area contributed by atoms with Gasteiger partial charge in [0.05, 0.1) is 48.5 Å². The lowest BCUT2D eigenvalue weighted by molar-refractivity contribution is -0.146. The van der Waals surface area contributed by atoms with Crippen molar-refractivity contribution in [3.8, 4) is 24.2 Å². The van der Waals surface area contributed by atoms with E-state index in [-0.39, 0.29) is 48.5 Å². The van der Waals surface area contributed by atoms with Crippen LogP contribution in [0.15, 0.2) is 167 Å². The Labute approximate surface area is 451 Å². The molecule has 0 saturated carbocycles. The standard InChI is InChI=1S/C27H19Cl2NO4.C20H17Cl2NO3.C8H5IO.CH3F.H2/c28-20-12-13-22(23(29)17-20)26(31)30(24(27(32)33)15-18-7-2-1-3-8-18)14-6-10-21-16-19-9-4-5-11-25(19)34-21;1-3-11-23(19(24)16-10-9-15(21)13-17(16)22)18(20(25)26-2)12-14-7-5-4-6-8-14;9-8-5-6-3-1-2-4-7(6)10-8;1-2;/h1-5,7-9,11-13,16-17,24H,14-15H2,(H,32,33);1,4-10,13,18H,11-12H2,2H3;1-5H;1H3;1H/t24-;18-;;;/m00.../s1/i;;;;1+2. The summed E-state index contributed by atoms with van der Waals surface area (Å²) in [5.74, 6) is 5.92. The fraction of sp³-hybridized carbons (Fsp3) is 0.143. The summed E-state index contributed by atoms with van der Waals surface area (Å²) in [5.41, 5.74) is 3.68. The summed E-state index contributed by atoms with van der Waals surface area (Å²) in [4.78, 5) is 53.6. The summed E-state index contributed by atoms with van der Waals surface area (Å²) in [6.45, 7) is -0.205. The number of hydrogen-bond donors (Lipinski definition) is 1. The van der Waals surface area contributed by atoms with Gasteiger partial charge in [0, 0.05) is 41.2 Å². The van der Waals surface area contributed by atoms with Gasteiger partial charge in [0.1, 0.15) is 23.2 Å². The van der Waals surface area contributed by atoms with E-state index in [9.17, 15) is 28.7 Å². The van der Waals surface area contributed by atoms with Gasteiger partial charge in [-0.05, 0) is 94.2 Å². The molecular formula is C56H46Cl4FIN2O8. The Morgan fingerprint density at radius 3 is 1.57 bits per heavy atom. The number of carbonyl (C=O) groups excluding carboxylic acids is 3. The molecule has 72 heavy (non-hydrogen) atoms. The summed E-state index contributed by atoms with van der Waals surface area (Å²) in [7, 11) is 1.77. The minimum atomic E-state index is -1.16. The van der Waals surface area contributed by atoms with Crippen molar-refractivity contribution in [1.82, 2.24) is 9.80 Å². The molecule has 8 aromatic rings. The highest BCUT2D eigenvalue weighted by atomic mass is 127. The Bertz CT molecular complexity index is 3160. The van der Waals surface area contributed by atoms with E-state index in [1.807, 2.05) is 115 Å². The molecule has 0 spiro atoms. The quantitative estimate of drug-likeness (QED) is 0.0727. The minimum absolute atomic E-state index is 0. The number of ether oxygens (including phenoxy) is 1. The van der Waals surface area contributed by atoms with Crippen LogP contribution in [-0.2, 0) is 27.2 Å². The number of furan rings is 2. The molecule has 0 fully saturated rings. The van der Waals surface area contributed by atoms with Crippen LogP contribution in [0.2, 0.25) is 20.1 Å². The van der Waals surface area contributed by atoms with Crippen molar-refractivity contribution < 1.29 is 43.7 Å². The first-order valence-electron chi connectivity index (χ1n) is 21.6. The van der Waals surface area contributed by atoms with E-state index in [0.717, 1.165) is 25.9 Å². The smallest absolute Gasteiger partial charge is 0.328 e. The molecule has 8 rings (SSSR count). The number of methoxy groups -OCH3 is 1. The largest absolute Gasteiger partial charge is 0.480 e. The van der Waals surface area contributed by atoms with Crippen LogP contribution in [-0.4, -0.2) is 78.1 Å². The van der Waals surface area contributed by atoms with Gasteiger partial charge in [-0.3, -0.25) is 14.0 Å². The van der Waals surface area contributed by atoms with Gasteiger partial charge in [0.15, 0.2) is 9.53 Å². The second-order valence-corrected chi connectivity index (χ2v) is 17.9. The Morgan fingerprint density at radius 1 is 0.653 bits per heavy atom. The SMILES string of the molecule is C#CCN(C(=O)c1ccc(Cl)cc1Cl)[C@@H](Cc1ccccc1)C(=O)OC.CF.Ic1cc2ccccc2o1.O=C(O)[C@H](Cc1ccccc1)N(CC#Cc1cc2ccccc2o1)C(=O)c1ccc(Cl)cc1Cl.[3HH]. The number of nitrogens with zero attached hydrogens (tertiary/aromatic N) is 2. The molecule has 370 valence electrons. The summed E-state index contributed by atoms with van der Waals surface area (Å²) in [6, 6.07) is 44.7. The number of benzene rings is 6. The molecule has 0 aliphatic carbocycles. The number of carboxylic acids is 1. The molecular weight excluding hydrogens is 1120 g/mol. The number of carbonyl (C=O) groups is 4. The van der Waals surface area contributed by atoms with Crippen LogP contribution in [0.25, 0.3) is 21.9 Å². The van der Waals surface area contributed by atoms with E-state index in [0.29, 0.717) is 28.6 Å². The topological polar surface area (TPSA) is 130 Å². The van der Waals surface area contributed by atoms with E-state index < -0.39 is 35.8 Å². The molecule has 16 heteroatoms. The van der Waals surface area contributed by atoms with Gasteiger partial charge in [-0.15, -0.1) is 6.42 Å². The molecule has 2 amide bonds. The number of esters is 1. The number of aliphatic carboxylic acids is 1. The summed E-state index contributed by atoms with van der Waals surface area (Å²) in [5, 5.41) is 13.2. The van der Waals surface area contributed by atoms with Gasteiger partial charge < -0.3 is 28.5 Å². The van der Waals surface area contributed by atoms with E-state index in [1.165, 1.54) is 52.6 Å². The second-order valence-electron chi connectivity index (χ2n) is 15.1. The Balaban J connectivity index is 0.000000260. The molecule has 1 N–H and O–H groups in total. The number of alkyl halides is 1. The molecule has 0 aliphatic heterocycles. The maximum Gasteiger partial charge on any atom is 0.328 e. The Morgan fingerprint density at radius 2 is 1.11 bits per heavy atom. The van der Waals surface area contributed by atoms with Crippen LogP contribution >= 0.6 is 69.0 Å². The zero-order valence-corrected chi connectivity index (χ0v) is 43.7. The molecule has 0 unspecified atom stereocenters. The van der Waals surface area contributed by atoms with E-state index in [4.69, 9.17) is 66.4 Å². The van der Waals surface area contributed by atoms with Crippen molar-refractivity contribution in [3.63, 3.8) is 0 Å². The van der Waals surface area contributed by atoms with Gasteiger partial charge >= 0.3 is 11.9 Å². The first kappa shape index (κ1) is 56.1. The number of carboxylic acid groups (broad SMARTS) is 1. The predicted octanol–water partition coefficient (Wildman–Crippen LogP) is 13.7. The lowest BCUT2D eigenvalue weighted by Gasteiger charge is -2.29. The third-order valence-electron chi connectivity index (χ3n) is 10.4. The van der Waals surface area contributed by atoms with Gasteiger partial charge in [0.25, 0.3) is 11.8 Å². The van der Waals surface area contributed by atoms with Gasteiger partial charge in [0.2, 0.25) is 0 Å². The summed E-state index contributed by atoms with van der Waals surface area (Å²) < 4.78 is 26.4. The third-order valence-corrected chi connectivity index (χ3v) is 12.1. The molecule has 2 heterocycles. The highest BCUT2D eigenvalue weighted by molar-refractivity contribution is 14.1. The zero-order chi connectivity index (χ0) is 52.2. The molecule has 2 aromatic heterocycles. The number of halogens is 6. The van der Waals surface area contributed by atoms with Crippen LogP contribution in [0, 0.1) is 28.0 Å². The fourth-order valence-electron chi connectivity index (χ4n) is 7.05. The second kappa shape index (κ2) is 28.3. The van der Waals surface area contributed by atoms with E-state index >= 15 is 0 Å². The molecule has 0 radical (unpaired) electrons. The Kier molecular flexibility index (Phi) is 22.1. The first-order valence-corrected chi connectivity index (χ1v) is 24.2. The molecule has 0 aliphatic rings. The third kappa shape index (κ3) is 15.9. The number of terminal acetylenes is 1. The Hall–Kier alpha value is -6.78. The van der Waals surface area contributed by atoms with Crippen LogP contribution in [0.3, 0.4) is 0 Å². The zero-order valence-electron chi connectivity index (χ0n) is 38.5. The lowest BCUT2D eigenvalue weighted by atomic mass is 10.0. The van der Waals surface area contributed by atoms with Crippen molar-refractivity contribution in [2.75, 3.05) is 27.4 Å². The normalized spacial score (nSPS) is 11.0. The average molecular weight is 1160 g/mol. The maximum absolute atomic E-state index is 13.4. The number of para-hydroxylation sites is 2. The predicted molar refractivity (Wildman–Crippen MR) is 293 cm³/mol. The van der Waals surface area contributed by atoms with Crippen LogP contribution in [0.1, 0.15) is 39.0 Å². The minimum Gasteiger partial charge on any atom is -0.480 e. The van der Waals surface area contributed by atoms with Crippen LogP contribution in [0.4, 0.5) is 4.39 Å². The highest BCUT2D eigenvalue weighted by Crippen LogP contribution is 2.26. The number of fused-ring (bicyclic) bond motifs is 2. The molecule has 0 saturated heterocycles. The van der Waals surface area contributed by atoms with Crippen molar-refractivity contribution >= 4 is 115 Å².